The summed E-state index contributed by atoms with van der Waals surface area (Å²) in [6, 6.07) is 2.09. The number of nitrogens with two attached hydrogens (primary N) is 1. The molecule has 5 nitrogen and oxygen atoms in total. The Hall–Kier alpha value is -0.850. The van der Waals surface area contributed by atoms with Gasteiger partial charge < -0.3 is 10.3 Å². The van der Waals surface area contributed by atoms with Gasteiger partial charge in [-0.1, -0.05) is 0 Å². The molecule has 1 aliphatic carbocycles. The lowest BCUT2D eigenvalue weighted by molar-refractivity contribution is 0.410. The molecule has 2 N–H and O–H groups in total. The maximum absolute atomic E-state index is 12.4. The topological polar surface area (TPSA) is 68.3 Å². The highest BCUT2D eigenvalue weighted by Crippen LogP contribution is 2.37. The standard InChI is InChI=1S/C12H21N3O2S/c1-9(2)14(3)18(16,17)12-6-11(7-13)15(8-12)10-4-5-10/h6,8-10H,4-5,7,13H2,1-3H3. The largest absolute Gasteiger partial charge is 0.346 e. The van der Waals surface area contributed by atoms with E-state index in [1.165, 1.54) is 4.31 Å². The summed E-state index contributed by atoms with van der Waals surface area (Å²) in [5.74, 6) is 0. The van der Waals surface area contributed by atoms with E-state index in [1.54, 1.807) is 19.3 Å². The van der Waals surface area contributed by atoms with Crippen LogP contribution in [0.3, 0.4) is 0 Å². The Morgan fingerprint density at radius 1 is 1.50 bits per heavy atom. The van der Waals surface area contributed by atoms with Crippen LogP contribution in [0.15, 0.2) is 17.2 Å². The molecule has 0 aromatic carbocycles. The molecule has 0 saturated heterocycles. The summed E-state index contributed by atoms with van der Waals surface area (Å²) in [5.41, 5.74) is 6.58. The van der Waals surface area contributed by atoms with E-state index < -0.39 is 10.0 Å². The fourth-order valence-corrected chi connectivity index (χ4v) is 3.36. The zero-order valence-electron chi connectivity index (χ0n) is 11.1. The molecule has 0 bridgehead atoms. The molecule has 0 unspecified atom stereocenters. The van der Waals surface area contributed by atoms with Gasteiger partial charge in [0.2, 0.25) is 10.0 Å². The van der Waals surface area contributed by atoms with Gasteiger partial charge in [-0.25, -0.2) is 8.42 Å². The van der Waals surface area contributed by atoms with Crippen LogP contribution in [0.4, 0.5) is 0 Å². The van der Waals surface area contributed by atoms with Gasteiger partial charge in [-0.3, -0.25) is 0 Å². The summed E-state index contributed by atoms with van der Waals surface area (Å²) >= 11 is 0. The predicted octanol–water partition coefficient (Wildman–Crippen LogP) is 1.31. The third kappa shape index (κ3) is 2.32. The van der Waals surface area contributed by atoms with E-state index in [0.29, 0.717) is 17.5 Å². The fourth-order valence-electron chi connectivity index (χ4n) is 1.94. The molecule has 1 fully saturated rings. The molecule has 0 spiro atoms. The summed E-state index contributed by atoms with van der Waals surface area (Å²) in [5, 5.41) is 0. The lowest BCUT2D eigenvalue weighted by atomic mass is 10.4. The first-order valence-corrected chi connectivity index (χ1v) is 7.70. The van der Waals surface area contributed by atoms with Crippen molar-refractivity contribution in [2.75, 3.05) is 7.05 Å². The number of sulfonamides is 1. The van der Waals surface area contributed by atoms with Crippen molar-refractivity contribution in [2.24, 2.45) is 5.73 Å². The second-order valence-electron chi connectivity index (χ2n) is 5.12. The maximum atomic E-state index is 12.4. The molecular formula is C12H21N3O2S. The van der Waals surface area contributed by atoms with E-state index in [0.717, 1.165) is 18.5 Å². The number of hydrogen-bond acceptors (Lipinski definition) is 3. The zero-order chi connectivity index (χ0) is 13.5. The molecule has 0 aliphatic heterocycles. The zero-order valence-corrected chi connectivity index (χ0v) is 11.9. The van der Waals surface area contributed by atoms with Crippen molar-refractivity contribution in [3.05, 3.63) is 18.0 Å². The van der Waals surface area contributed by atoms with Crippen LogP contribution in [-0.4, -0.2) is 30.4 Å². The van der Waals surface area contributed by atoms with Crippen LogP contribution < -0.4 is 5.73 Å². The second-order valence-corrected chi connectivity index (χ2v) is 7.12. The Morgan fingerprint density at radius 3 is 2.56 bits per heavy atom. The minimum Gasteiger partial charge on any atom is -0.346 e. The number of rotatable bonds is 5. The Labute approximate surface area is 109 Å². The van der Waals surface area contributed by atoms with E-state index in [2.05, 4.69) is 0 Å². The first kappa shape index (κ1) is 13.6. The van der Waals surface area contributed by atoms with Crippen molar-refractivity contribution in [2.45, 2.75) is 50.2 Å². The first-order chi connectivity index (χ1) is 8.37. The molecular weight excluding hydrogens is 250 g/mol. The molecule has 1 aliphatic rings. The van der Waals surface area contributed by atoms with Crippen molar-refractivity contribution in [3.63, 3.8) is 0 Å². The third-order valence-electron chi connectivity index (χ3n) is 3.46. The Morgan fingerprint density at radius 2 is 2.11 bits per heavy atom. The lowest BCUT2D eigenvalue weighted by Gasteiger charge is -2.19. The molecule has 1 aromatic rings. The molecule has 6 heteroatoms. The quantitative estimate of drug-likeness (QED) is 0.878. The SMILES string of the molecule is CC(C)N(C)S(=O)(=O)c1cc(CN)n(C2CC2)c1. The second kappa shape index (κ2) is 4.68. The van der Waals surface area contributed by atoms with Crippen molar-refractivity contribution in [1.82, 2.24) is 8.87 Å². The van der Waals surface area contributed by atoms with Gasteiger partial charge in [0.1, 0.15) is 4.90 Å². The number of hydrogen-bond donors (Lipinski definition) is 1. The molecule has 1 heterocycles. The molecule has 0 atom stereocenters. The highest BCUT2D eigenvalue weighted by Gasteiger charge is 2.30. The minimum atomic E-state index is -3.40. The monoisotopic (exact) mass is 271 g/mol. The van der Waals surface area contributed by atoms with E-state index in [4.69, 9.17) is 5.73 Å². The van der Waals surface area contributed by atoms with Gasteiger partial charge in [0.05, 0.1) is 0 Å². The Bertz CT molecular complexity index is 530. The van der Waals surface area contributed by atoms with Crippen molar-refractivity contribution in [1.29, 1.82) is 0 Å². The summed E-state index contributed by atoms with van der Waals surface area (Å²) in [7, 11) is -1.79. The van der Waals surface area contributed by atoms with Crippen LogP contribution in [0.1, 0.15) is 38.4 Å². The first-order valence-electron chi connectivity index (χ1n) is 6.26. The molecule has 0 radical (unpaired) electrons. The van der Waals surface area contributed by atoms with Crippen molar-refractivity contribution < 1.29 is 8.42 Å². The molecule has 2 rings (SSSR count). The number of nitrogens with zero attached hydrogens (tertiary/aromatic N) is 2. The summed E-state index contributed by atoms with van der Waals surface area (Å²) in [4.78, 5) is 0.353. The van der Waals surface area contributed by atoms with Gasteiger partial charge in [0.15, 0.2) is 0 Å². The van der Waals surface area contributed by atoms with Crippen LogP contribution >= 0.6 is 0 Å². The van der Waals surface area contributed by atoms with E-state index >= 15 is 0 Å². The van der Waals surface area contributed by atoms with Crippen LogP contribution in [0.2, 0.25) is 0 Å². The normalized spacial score (nSPS) is 16.8. The van der Waals surface area contributed by atoms with Gasteiger partial charge in [-0.15, -0.1) is 0 Å². The molecule has 18 heavy (non-hydrogen) atoms. The molecule has 1 aromatic heterocycles. The van der Waals surface area contributed by atoms with Gasteiger partial charge in [-0.05, 0) is 32.8 Å². The molecule has 102 valence electrons. The van der Waals surface area contributed by atoms with Gasteiger partial charge in [0, 0.05) is 37.6 Å². The average Bonchev–Trinajstić information content (AvgIpc) is 3.06. The average molecular weight is 271 g/mol. The van der Waals surface area contributed by atoms with E-state index in [9.17, 15) is 8.42 Å². The number of aromatic nitrogens is 1. The summed E-state index contributed by atoms with van der Waals surface area (Å²) in [6.45, 7) is 4.09. The third-order valence-corrected chi connectivity index (χ3v) is 5.46. The predicted molar refractivity (Wildman–Crippen MR) is 70.7 cm³/mol. The smallest absolute Gasteiger partial charge is 0.244 e. The lowest BCUT2D eigenvalue weighted by Crippen LogP contribution is -2.32. The summed E-state index contributed by atoms with van der Waals surface area (Å²) < 4.78 is 28.1. The fraction of sp³-hybridized carbons (Fsp3) is 0.667. The van der Waals surface area contributed by atoms with Crippen LogP contribution in [0.5, 0.6) is 0 Å². The maximum Gasteiger partial charge on any atom is 0.244 e. The van der Waals surface area contributed by atoms with E-state index in [1.807, 2.05) is 18.4 Å². The highest BCUT2D eigenvalue weighted by atomic mass is 32.2. The molecule has 1 saturated carbocycles. The van der Waals surface area contributed by atoms with Crippen molar-refractivity contribution >= 4 is 10.0 Å². The van der Waals surface area contributed by atoms with Gasteiger partial charge >= 0.3 is 0 Å². The molecule has 0 amide bonds. The Kier molecular flexibility index (Phi) is 3.53. The van der Waals surface area contributed by atoms with Crippen LogP contribution in [0, 0.1) is 0 Å². The Balaban J connectivity index is 2.39. The van der Waals surface area contributed by atoms with Crippen LogP contribution in [0.25, 0.3) is 0 Å². The van der Waals surface area contributed by atoms with Gasteiger partial charge in [-0.2, -0.15) is 4.31 Å². The van der Waals surface area contributed by atoms with Crippen molar-refractivity contribution in [3.8, 4) is 0 Å². The minimum absolute atomic E-state index is 0.0550. The van der Waals surface area contributed by atoms with E-state index in [-0.39, 0.29) is 6.04 Å². The van der Waals surface area contributed by atoms with Gasteiger partial charge in [0.25, 0.3) is 0 Å². The van der Waals surface area contributed by atoms with Crippen LogP contribution in [-0.2, 0) is 16.6 Å². The summed E-state index contributed by atoms with van der Waals surface area (Å²) in [6.07, 6.45) is 3.95. The highest BCUT2D eigenvalue weighted by molar-refractivity contribution is 7.89.